The van der Waals surface area contributed by atoms with Gasteiger partial charge in [0.15, 0.2) is 5.11 Å². The highest BCUT2D eigenvalue weighted by Gasteiger charge is 2.06. The molecule has 0 fully saturated rings. The predicted octanol–water partition coefficient (Wildman–Crippen LogP) is 4.17. The van der Waals surface area contributed by atoms with Crippen molar-refractivity contribution in [2.24, 2.45) is 0 Å². The molecule has 112 valence electrons. The lowest BCUT2D eigenvalue weighted by molar-refractivity contribution is 0.0777. The Balaban J connectivity index is 2.39. The lowest BCUT2D eigenvalue weighted by Crippen LogP contribution is -2.30. The quantitative estimate of drug-likeness (QED) is 0.590. The van der Waals surface area contributed by atoms with Crippen LogP contribution < -0.4 is 10.6 Å². The molecule has 0 saturated heterocycles. The second-order valence-electron chi connectivity index (χ2n) is 5.07. The molecule has 0 aliphatic rings. The van der Waals surface area contributed by atoms with Crippen molar-refractivity contribution in [1.82, 2.24) is 5.32 Å². The standard InChI is InChI=1S/C15H23BrN2OS/c1-10(2)19-7-5-6-17-15(20)18-14-11(3)8-13(16)9-12(14)4/h8-10H,5-7H2,1-4H3,(H2,17,18,20). The molecule has 0 unspecified atom stereocenters. The molecule has 0 radical (unpaired) electrons. The Kier molecular flexibility index (Phi) is 7.48. The van der Waals surface area contributed by atoms with Crippen LogP contribution in [0.3, 0.4) is 0 Å². The first-order valence-electron chi connectivity index (χ1n) is 6.83. The van der Waals surface area contributed by atoms with Crippen molar-refractivity contribution in [2.45, 2.75) is 40.2 Å². The molecule has 1 aromatic carbocycles. The summed E-state index contributed by atoms with van der Waals surface area (Å²) in [6, 6.07) is 4.16. The average Bonchev–Trinajstić information content (AvgIpc) is 2.33. The predicted molar refractivity (Wildman–Crippen MR) is 93.5 cm³/mol. The third-order valence-corrected chi connectivity index (χ3v) is 3.50. The molecule has 0 atom stereocenters. The van der Waals surface area contributed by atoms with Crippen molar-refractivity contribution in [1.29, 1.82) is 0 Å². The Hall–Kier alpha value is -0.650. The van der Waals surface area contributed by atoms with Gasteiger partial charge in [-0.15, -0.1) is 0 Å². The minimum Gasteiger partial charge on any atom is -0.379 e. The van der Waals surface area contributed by atoms with Gasteiger partial charge in [0, 0.05) is 23.3 Å². The summed E-state index contributed by atoms with van der Waals surface area (Å²) in [4.78, 5) is 0. The minimum atomic E-state index is 0.285. The van der Waals surface area contributed by atoms with E-state index in [1.165, 1.54) is 11.1 Å². The zero-order valence-electron chi connectivity index (χ0n) is 12.5. The maximum atomic E-state index is 5.48. The number of ether oxygens (including phenoxy) is 1. The molecule has 1 aromatic rings. The fraction of sp³-hybridized carbons (Fsp3) is 0.533. The SMILES string of the molecule is Cc1cc(Br)cc(C)c1NC(=S)NCCCOC(C)C. The van der Waals surface area contributed by atoms with Gasteiger partial charge in [0.2, 0.25) is 0 Å². The maximum absolute atomic E-state index is 5.48. The molecule has 0 aliphatic carbocycles. The Morgan fingerprint density at radius 3 is 2.45 bits per heavy atom. The van der Waals surface area contributed by atoms with Crippen molar-refractivity contribution in [3.05, 3.63) is 27.7 Å². The van der Waals surface area contributed by atoms with E-state index in [4.69, 9.17) is 17.0 Å². The smallest absolute Gasteiger partial charge is 0.170 e. The highest BCUT2D eigenvalue weighted by Crippen LogP contribution is 2.24. The topological polar surface area (TPSA) is 33.3 Å². The zero-order valence-corrected chi connectivity index (χ0v) is 15.0. The van der Waals surface area contributed by atoms with Crippen LogP contribution >= 0.6 is 28.1 Å². The molecule has 2 N–H and O–H groups in total. The van der Waals surface area contributed by atoms with Crippen LogP contribution in [0.25, 0.3) is 0 Å². The summed E-state index contributed by atoms with van der Waals surface area (Å²) in [5, 5.41) is 7.12. The van der Waals surface area contributed by atoms with E-state index in [-0.39, 0.29) is 6.10 Å². The van der Waals surface area contributed by atoms with Gasteiger partial charge in [-0.05, 0) is 69.6 Å². The highest BCUT2D eigenvalue weighted by molar-refractivity contribution is 9.10. The first kappa shape index (κ1) is 17.4. The summed E-state index contributed by atoms with van der Waals surface area (Å²) in [6.45, 7) is 9.78. The number of halogens is 1. The lowest BCUT2D eigenvalue weighted by Gasteiger charge is -2.15. The van der Waals surface area contributed by atoms with Crippen molar-refractivity contribution in [3.63, 3.8) is 0 Å². The van der Waals surface area contributed by atoms with Gasteiger partial charge < -0.3 is 15.4 Å². The van der Waals surface area contributed by atoms with Gasteiger partial charge in [0.05, 0.1) is 6.10 Å². The number of nitrogens with one attached hydrogen (secondary N) is 2. The number of benzene rings is 1. The normalized spacial score (nSPS) is 10.7. The summed E-state index contributed by atoms with van der Waals surface area (Å²) >= 11 is 8.81. The molecule has 0 saturated carbocycles. The molecule has 0 heterocycles. The van der Waals surface area contributed by atoms with E-state index in [0.717, 1.165) is 29.7 Å². The maximum Gasteiger partial charge on any atom is 0.170 e. The average molecular weight is 359 g/mol. The molecule has 0 bridgehead atoms. The van der Waals surface area contributed by atoms with Gasteiger partial charge in [-0.25, -0.2) is 0 Å². The second-order valence-corrected chi connectivity index (χ2v) is 6.39. The molecular formula is C15H23BrN2OS. The number of hydrogen-bond donors (Lipinski definition) is 2. The molecule has 5 heteroatoms. The molecule has 1 rings (SSSR count). The largest absolute Gasteiger partial charge is 0.379 e. The Labute approximate surface area is 135 Å². The monoisotopic (exact) mass is 358 g/mol. The van der Waals surface area contributed by atoms with Crippen LogP contribution in [0.2, 0.25) is 0 Å². The van der Waals surface area contributed by atoms with Crippen molar-refractivity contribution < 1.29 is 4.74 Å². The Bertz CT molecular complexity index is 440. The summed E-state index contributed by atoms with van der Waals surface area (Å²) in [5.74, 6) is 0. The van der Waals surface area contributed by atoms with Gasteiger partial charge in [0.1, 0.15) is 0 Å². The van der Waals surface area contributed by atoms with Crippen molar-refractivity contribution in [2.75, 3.05) is 18.5 Å². The van der Waals surface area contributed by atoms with E-state index in [1.807, 2.05) is 13.8 Å². The van der Waals surface area contributed by atoms with Gasteiger partial charge in [-0.2, -0.15) is 0 Å². The molecule has 20 heavy (non-hydrogen) atoms. The summed E-state index contributed by atoms with van der Waals surface area (Å²) in [5.41, 5.74) is 3.41. The minimum absolute atomic E-state index is 0.285. The van der Waals surface area contributed by atoms with Gasteiger partial charge >= 0.3 is 0 Å². The number of hydrogen-bond acceptors (Lipinski definition) is 2. The first-order valence-corrected chi connectivity index (χ1v) is 8.03. The van der Waals surface area contributed by atoms with Gasteiger partial charge in [0.25, 0.3) is 0 Å². The number of aryl methyl sites for hydroxylation is 2. The summed E-state index contributed by atoms with van der Waals surface area (Å²) < 4.78 is 6.57. The van der Waals surface area contributed by atoms with E-state index in [2.05, 4.69) is 52.5 Å². The lowest BCUT2D eigenvalue weighted by atomic mass is 10.1. The van der Waals surface area contributed by atoms with Crippen molar-refractivity contribution in [3.8, 4) is 0 Å². The number of anilines is 1. The Morgan fingerprint density at radius 1 is 1.30 bits per heavy atom. The molecule has 0 amide bonds. The van der Waals surface area contributed by atoms with Crippen molar-refractivity contribution >= 4 is 38.9 Å². The van der Waals surface area contributed by atoms with Gasteiger partial charge in [-0.1, -0.05) is 15.9 Å². The second kappa shape index (κ2) is 8.60. The van der Waals surface area contributed by atoms with Crippen LogP contribution in [0.1, 0.15) is 31.4 Å². The molecule has 3 nitrogen and oxygen atoms in total. The van der Waals surface area contributed by atoms with E-state index >= 15 is 0 Å². The zero-order chi connectivity index (χ0) is 15.1. The van der Waals surface area contributed by atoms with Crippen LogP contribution in [-0.4, -0.2) is 24.4 Å². The van der Waals surface area contributed by atoms with E-state index in [9.17, 15) is 0 Å². The molecule has 0 aliphatic heterocycles. The Morgan fingerprint density at radius 2 is 1.90 bits per heavy atom. The molecule has 0 spiro atoms. The van der Waals surface area contributed by atoms with E-state index in [0.29, 0.717) is 5.11 Å². The van der Waals surface area contributed by atoms with Crippen LogP contribution in [0, 0.1) is 13.8 Å². The fourth-order valence-electron chi connectivity index (χ4n) is 1.86. The van der Waals surface area contributed by atoms with Gasteiger partial charge in [-0.3, -0.25) is 0 Å². The number of thiocarbonyl (C=S) groups is 1. The van der Waals surface area contributed by atoms with Crippen LogP contribution in [0.4, 0.5) is 5.69 Å². The van der Waals surface area contributed by atoms with E-state index < -0.39 is 0 Å². The van der Waals surface area contributed by atoms with Crippen LogP contribution in [0.5, 0.6) is 0 Å². The fourth-order valence-corrected chi connectivity index (χ4v) is 2.75. The number of rotatable bonds is 6. The third kappa shape index (κ3) is 6.20. The third-order valence-electron chi connectivity index (χ3n) is 2.79. The first-order chi connectivity index (χ1) is 9.40. The van der Waals surface area contributed by atoms with Crippen LogP contribution in [-0.2, 0) is 4.74 Å². The summed E-state index contributed by atoms with van der Waals surface area (Å²) in [6.07, 6.45) is 1.23. The van der Waals surface area contributed by atoms with E-state index in [1.54, 1.807) is 0 Å². The van der Waals surface area contributed by atoms with Crippen LogP contribution in [0.15, 0.2) is 16.6 Å². The molecule has 0 aromatic heterocycles. The summed E-state index contributed by atoms with van der Waals surface area (Å²) in [7, 11) is 0. The highest BCUT2D eigenvalue weighted by atomic mass is 79.9. The molecular weight excluding hydrogens is 336 g/mol.